The van der Waals surface area contributed by atoms with Crippen LogP contribution in [0.5, 0.6) is 0 Å². The summed E-state index contributed by atoms with van der Waals surface area (Å²) in [7, 11) is 4.58. The van der Waals surface area contributed by atoms with Gasteiger partial charge < -0.3 is 40.3 Å². The summed E-state index contributed by atoms with van der Waals surface area (Å²) >= 11 is 0. The quantitative estimate of drug-likeness (QED) is 0.0570. The van der Waals surface area contributed by atoms with E-state index in [-0.39, 0.29) is 55.4 Å². The van der Waals surface area contributed by atoms with Crippen molar-refractivity contribution in [1.29, 1.82) is 0 Å². The number of likely N-dealkylation sites (N-methyl/N-ethyl adjacent to an activating group) is 1. The van der Waals surface area contributed by atoms with E-state index in [1.54, 1.807) is 63.9 Å². The minimum Gasteiger partial charge on any atom is -0.480 e. The van der Waals surface area contributed by atoms with E-state index >= 15 is 0 Å². The average Bonchev–Trinajstić information content (AvgIpc) is 3.89. The molecule has 0 radical (unpaired) electrons. The van der Waals surface area contributed by atoms with Crippen LogP contribution in [0.3, 0.4) is 0 Å². The average molecular weight is 909 g/mol. The number of ether oxygens (including phenoxy) is 2. The fourth-order valence-electron chi connectivity index (χ4n) is 8.66. The van der Waals surface area contributed by atoms with E-state index in [2.05, 4.69) is 22.5 Å². The molecule has 3 rings (SSSR count). The highest BCUT2D eigenvalue weighted by Crippen LogP contribution is 2.30. The largest absolute Gasteiger partial charge is 0.480 e. The fourth-order valence-corrected chi connectivity index (χ4v) is 8.66. The molecular formula is C48H72N6O11. The van der Waals surface area contributed by atoms with Gasteiger partial charge in [0.25, 0.3) is 11.8 Å². The van der Waals surface area contributed by atoms with Crippen LogP contribution in [0.1, 0.15) is 98.5 Å². The topological polar surface area (TPSA) is 221 Å². The van der Waals surface area contributed by atoms with Crippen molar-refractivity contribution >= 4 is 47.3 Å². The van der Waals surface area contributed by atoms with Gasteiger partial charge in [-0.25, -0.2) is 4.79 Å². The van der Waals surface area contributed by atoms with Gasteiger partial charge in [-0.05, 0) is 55.6 Å². The van der Waals surface area contributed by atoms with Crippen LogP contribution < -0.4 is 16.0 Å². The van der Waals surface area contributed by atoms with Crippen molar-refractivity contribution in [2.75, 3.05) is 34.4 Å². The zero-order valence-electron chi connectivity index (χ0n) is 39.7. The van der Waals surface area contributed by atoms with Gasteiger partial charge in [0.1, 0.15) is 18.1 Å². The van der Waals surface area contributed by atoms with Gasteiger partial charge in [-0.3, -0.25) is 38.5 Å². The molecule has 0 bridgehead atoms. The van der Waals surface area contributed by atoms with Gasteiger partial charge in [0.15, 0.2) is 0 Å². The van der Waals surface area contributed by atoms with Crippen LogP contribution in [0.15, 0.2) is 54.6 Å². The zero-order valence-corrected chi connectivity index (χ0v) is 39.7. The first-order chi connectivity index (χ1) is 30.8. The smallest absolute Gasteiger partial charge is 0.326 e. The monoisotopic (exact) mass is 909 g/mol. The highest BCUT2D eigenvalue weighted by atomic mass is 16.5. The number of nitrogens with one attached hydrogen (secondary N) is 3. The van der Waals surface area contributed by atoms with Crippen molar-refractivity contribution in [2.24, 2.45) is 17.8 Å². The number of benzene rings is 1. The van der Waals surface area contributed by atoms with Crippen LogP contribution in [-0.4, -0.2) is 144 Å². The lowest BCUT2D eigenvalue weighted by molar-refractivity contribution is -0.148. The first-order valence-corrected chi connectivity index (χ1v) is 22.7. The second kappa shape index (κ2) is 25.9. The summed E-state index contributed by atoms with van der Waals surface area (Å²) in [6.45, 7) is 15.4. The maximum atomic E-state index is 14.4. The van der Waals surface area contributed by atoms with Gasteiger partial charge in [-0.2, -0.15) is 0 Å². The lowest BCUT2D eigenvalue weighted by Gasteiger charge is -2.41. The molecule has 1 aromatic carbocycles. The molecule has 65 heavy (non-hydrogen) atoms. The summed E-state index contributed by atoms with van der Waals surface area (Å²) in [5, 5.41) is 18.2. The second-order valence-corrected chi connectivity index (χ2v) is 17.7. The Kier molecular flexibility index (Phi) is 21.5. The Hall–Kier alpha value is -5.42. The molecule has 1 aromatic rings. The second-order valence-electron chi connectivity index (χ2n) is 17.7. The van der Waals surface area contributed by atoms with E-state index < -0.39 is 77.9 Å². The number of aliphatic carboxylic acids is 1. The zero-order chi connectivity index (χ0) is 48.5. The van der Waals surface area contributed by atoms with Crippen LogP contribution in [0.25, 0.3) is 0 Å². The third-order valence-corrected chi connectivity index (χ3v) is 12.6. The molecule has 0 aromatic heterocycles. The van der Waals surface area contributed by atoms with Crippen molar-refractivity contribution in [1.82, 2.24) is 30.7 Å². The molecule has 9 atom stereocenters. The Morgan fingerprint density at radius 2 is 1.55 bits per heavy atom. The van der Waals surface area contributed by atoms with Gasteiger partial charge >= 0.3 is 5.97 Å². The van der Waals surface area contributed by atoms with Gasteiger partial charge in [-0.1, -0.05) is 84.4 Å². The third-order valence-electron chi connectivity index (χ3n) is 12.6. The molecule has 0 saturated carbocycles. The Balaban J connectivity index is 1.69. The number of hydrogen-bond acceptors (Lipinski definition) is 10. The maximum Gasteiger partial charge on any atom is 0.326 e. The van der Waals surface area contributed by atoms with Crippen LogP contribution in [0.4, 0.5) is 0 Å². The summed E-state index contributed by atoms with van der Waals surface area (Å²) in [5.74, 6) is -5.37. The first kappa shape index (κ1) is 53.9. The SMILES string of the molecule is C=C(C)C(NC(=O)CCCCCN1C(=O)C=CC1=O)C(=O)NC(C(=O)N(C)C(C(C)CC)C(CC(=O)N1CCCC1C(OC)C(C)C(=O)NC(Cc1ccccc1)C(=O)O)OC)C(C)C. The van der Waals surface area contributed by atoms with Gasteiger partial charge in [0, 0.05) is 59.4 Å². The molecule has 360 valence electrons. The van der Waals surface area contributed by atoms with E-state index in [4.69, 9.17) is 9.47 Å². The normalized spacial score (nSPS) is 18.6. The van der Waals surface area contributed by atoms with E-state index in [1.807, 2.05) is 19.9 Å². The number of rotatable bonds is 27. The Morgan fingerprint density at radius 3 is 2.11 bits per heavy atom. The van der Waals surface area contributed by atoms with E-state index in [0.717, 1.165) is 10.5 Å². The molecule has 4 N–H and O–H groups in total. The molecular weight excluding hydrogens is 837 g/mol. The molecule has 17 nitrogen and oxygen atoms in total. The number of nitrogens with zero attached hydrogens (tertiary/aromatic N) is 3. The molecule has 7 amide bonds. The van der Waals surface area contributed by atoms with Crippen LogP contribution in [-0.2, 0) is 54.3 Å². The minimum atomic E-state index is -1.17. The number of unbranched alkanes of at least 4 members (excludes halogenated alkanes) is 2. The number of hydrogen-bond donors (Lipinski definition) is 4. The molecule has 2 heterocycles. The van der Waals surface area contributed by atoms with Crippen molar-refractivity contribution < 1.29 is 52.9 Å². The lowest BCUT2D eigenvalue weighted by atomic mass is 9.89. The number of carboxylic acids is 1. The highest BCUT2D eigenvalue weighted by molar-refractivity contribution is 6.12. The van der Waals surface area contributed by atoms with Crippen molar-refractivity contribution in [3.63, 3.8) is 0 Å². The van der Waals surface area contributed by atoms with Crippen molar-refractivity contribution in [3.8, 4) is 0 Å². The number of amides is 7. The van der Waals surface area contributed by atoms with Gasteiger partial charge in [0.2, 0.25) is 29.5 Å². The predicted molar refractivity (Wildman–Crippen MR) is 244 cm³/mol. The summed E-state index contributed by atoms with van der Waals surface area (Å²) < 4.78 is 11.9. The molecule has 2 aliphatic heterocycles. The Bertz CT molecular complexity index is 1850. The molecule has 1 saturated heterocycles. The van der Waals surface area contributed by atoms with Gasteiger partial charge in [0.05, 0.1) is 36.6 Å². The standard InChI is InChI=1S/C48H72N6O11/c1-11-31(6)43(52(8)47(61)42(30(4)5)51-46(60)41(29(2)3)50-37(55)22-16-13-17-25-54-38(56)23-24-39(54)57)36(64-9)28-40(58)53-26-18-21-35(53)44(65-10)32(7)45(59)49-34(48(62)63)27-33-19-14-12-15-20-33/h12,14-15,19-20,23-24,30-32,34-36,41-44H,2,11,13,16-18,21-22,25-28H2,1,3-10H3,(H,49,59)(H,50,55)(H,51,60)(H,62,63). The fraction of sp³-hybridized carbons (Fsp3) is 0.625. The Morgan fingerprint density at radius 1 is 0.908 bits per heavy atom. The number of carboxylic acid groups (broad SMARTS) is 1. The van der Waals surface area contributed by atoms with Crippen LogP contribution in [0, 0.1) is 17.8 Å². The molecule has 17 heteroatoms. The maximum absolute atomic E-state index is 14.4. The summed E-state index contributed by atoms with van der Waals surface area (Å²) in [6.07, 6.45) is 4.47. The van der Waals surface area contributed by atoms with Crippen LogP contribution in [0.2, 0.25) is 0 Å². The number of carbonyl (C=O) groups is 8. The first-order valence-electron chi connectivity index (χ1n) is 22.7. The van der Waals surface area contributed by atoms with Crippen LogP contribution >= 0.6 is 0 Å². The lowest BCUT2D eigenvalue weighted by Crippen LogP contribution is -2.59. The van der Waals surface area contributed by atoms with Gasteiger partial charge in [-0.15, -0.1) is 0 Å². The van der Waals surface area contributed by atoms with Crippen molar-refractivity contribution in [3.05, 3.63) is 60.2 Å². The van der Waals surface area contributed by atoms with E-state index in [0.29, 0.717) is 50.6 Å². The number of methoxy groups -OCH3 is 2. The van der Waals surface area contributed by atoms with E-state index in [9.17, 15) is 43.5 Å². The summed E-state index contributed by atoms with van der Waals surface area (Å²) in [5.41, 5.74) is 1.13. The number of imide groups is 1. The Labute approximate surface area is 384 Å². The minimum absolute atomic E-state index is 0.0943. The summed E-state index contributed by atoms with van der Waals surface area (Å²) in [4.78, 5) is 109. The van der Waals surface area contributed by atoms with Crippen molar-refractivity contribution in [2.45, 2.75) is 142 Å². The third kappa shape index (κ3) is 15.1. The number of carbonyl (C=O) groups excluding carboxylic acids is 7. The number of likely N-dealkylation sites (tertiary alicyclic amines) is 1. The highest BCUT2D eigenvalue weighted by Gasteiger charge is 2.43. The molecule has 2 aliphatic rings. The predicted octanol–water partition coefficient (Wildman–Crippen LogP) is 3.41. The molecule has 0 aliphatic carbocycles. The molecule has 1 fully saturated rings. The molecule has 9 unspecified atom stereocenters. The van der Waals surface area contributed by atoms with E-state index in [1.165, 1.54) is 31.3 Å². The molecule has 0 spiro atoms. The summed E-state index contributed by atoms with van der Waals surface area (Å²) in [6, 6.07) is 4.63.